The fourth-order valence-electron chi connectivity index (χ4n) is 2.90. The van der Waals surface area contributed by atoms with E-state index in [4.69, 9.17) is 0 Å². The molecule has 2 nitrogen and oxygen atoms in total. The summed E-state index contributed by atoms with van der Waals surface area (Å²) in [6.07, 6.45) is 19.4. The summed E-state index contributed by atoms with van der Waals surface area (Å²) in [4.78, 5) is 0. The van der Waals surface area contributed by atoms with Gasteiger partial charge in [0, 0.05) is 48.6 Å². The molecule has 2 rings (SSSR count). The zero-order chi connectivity index (χ0) is 18.1. The summed E-state index contributed by atoms with van der Waals surface area (Å²) in [7, 11) is 4.15. The van der Waals surface area contributed by atoms with Crippen molar-refractivity contribution in [3.8, 4) is 0 Å². The van der Waals surface area contributed by atoms with Crippen molar-refractivity contribution in [2.24, 2.45) is 0 Å². The first-order valence-corrected chi connectivity index (χ1v) is 12.6. The van der Waals surface area contributed by atoms with E-state index in [0.717, 1.165) is 13.1 Å². The molecule has 0 aliphatic heterocycles. The van der Waals surface area contributed by atoms with E-state index >= 15 is 0 Å². The highest BCUT2D eigenvalue weighted by Gasteiger charge is 1.99. The molecule has 2 heterocycles. The SMILES string of the molecule is c1cc[n+](CCCCCCSSCCCCCC[n+]2ccccc2)cc1. The fraction of sp³-hybridized carbons (Fsp3) is 0.545. The second-order valence-electron chi connectivity index (χ2n) is 6.70. The third kappa shape index (κ3) is 10.9. The average molecular weight is 391 g/mol. The van der Waals surface area contributed by atoms with Gasteiger partial charge in [-0.3, -0.25) is 0 Å². The van der Waals surface area contributed by atoms with E-state index in [1.165, 1.54) is 62.9 Å². The number of nitrogens with zero attached hydrogens (tertiary/aromatic N) is 2. The van der Waals surface area contributed by atoms with Gasteiger partial charge in [-0.2, -0.15) is 0 Å². The first-order chi connectivity index (χ1) is 12.9. The Morgan fingerprint density at radius 1 is 0.423 bits per heavy atom. The van der Waals surface area contributed by atoms with E-state index in [-0.39, 0.29) is 0 Å². The van der Waals surface area contributed by atoms with Crippen LogP contribution >= 0.6 is 21.6 Å². The molecule has 142 valence electrons. The van der Waals surface area contributed by atoms with Crippen LogP contribution in [0, 0.1) is 0 Å². The van der Waals surface area contributed by atoms with E-state index in [1.807, 2.05) is 0 Å². The van der Waals surface area contributed by atoms with Crippen LogP contribution < -0.4 is 9.13 Å². The summed E-state index contributed by atoms with van der Waals surface area (Å²) in [6, 6.07) is 12.6. The van der Waals surface area contributed by atoms with Crippen LogP contribution in [0.15, 0.2) is 61.2 Å². The summed E-state index contributed by atoms with van der Waals surface area (Å²) in [6.45, 7) is 2.32. The highest BCUT2D eigenvalue weighted by molar-refractivity contribution is 8.76. The standard InChI is InChI=1S/C22H34N2S2/c1(7-15-23-17-9-5-10-18-23)3-13-21-25-26-22-14-4-2-8-16-24-19-11-6-12-20-24/h5-6,9-12,17-20H,1-4,7-8,13-16,21-22H2/q+2. The highest BCUT2D eigenvalue weighted by Crippen LogP contribution is 2.24. The molecule has 0 saturated heterocycles. The third-order valence-corrected chi connectivity index (χ3v) is 7.00. The predicted octanol–water partition coefficient (Wildman–Crippen LogP) is 5.46. The second-order valence-corrected chi connectivity index (χ2v) is 9.40. The maximum atomic E-state index is 2.28. The molecule has 0 N–H and O–H groups in total. The molecule has 0 saturated carbocycles. The van der Waals surface area contributed by atoms with Gasteiger partial charge < -0.3 is 0 Å². The van der Waals surface area contributed by atoms with Crippen molar-refractivity contribution in [1.29, 1.82) is 0 Å². The normalized spacial score (nSPS) is 10.9. The molecule has 26 heavy (non-hydrogen) atoms. The van der Waals surface area contributed by atoms with E-state index in [9.17, 15) is 0 Å². The van der Waals surface area contributed by atoms with Gasteiger partial charge in [0.2, 0.25) is 0 Å². The maximum Gasteiger partial charge on any atom is 0.168 e. The van der Waals surface area contributed by atoms with Gasteiger partial charge in [0.05, 0.1) is 0 Å². The first kappa shape index (κ1) is 21.3. The Kier molecular flexibility index (Phi) is 12.4. The number of hydrogen-bond acceptors (Lipinski definition) is 2. The number of hydrogen-bond donors (Lipinski definition) is 0. The Hall–Kier alpha value is -1.00. The number of unbranched alkanes of at least 4 members (excludes halogenated alkanes) is 6. The van der Waals surface area contributed by atoms with Crippen molar-refractivity contribution >= 4 is 21.6 Å². The number of aromatic nitrogens is 2. The third-order valence-electron chi connectivity index (χ3n) is 4.43. The lowest BCUT2D eigenvalue weighted by molar-refractivity contribution is -0.697. The minimum Gasteiger partial charge on any atom is -0.205 e. The molecule has 2 aromatic heterocycles. The molecule has 0 aromatic carbocycles. The van der Waals surface area contributed by atoms with Gasteiger partial charge in [0.25, 0.3) is 0 Å². The fourth-order valence-corrected chi connectivity index (χ4v) is 5.20. The summed E-state index contributed by atoms with van der Waals surface area (Å²) in [5, 5.41) is 0. The van der Waals surface area contributed by atoms with Gasteiger partial charge in [-0.15, -0.1) is 0 Å². The smallest absolute Gasteiger partial charge is 0.168 e. The summed E-state index contributed by atoms with van der Waals surface area (Å²) in [5.41, 5.74) is 0. The van der Waals surface area contributed by atoms with Gasteiger partial charge in [0.1, 0.15) is 13.1 Å². The van der Waals surface area contributed by atoms with Crippen LogP contribution in [0.2, 0.25) is 0 Å². The molecule has 0 spiro atoms. The van der Waals surface area contributed by atoms with Crippen LogP contribution in [0.3, 0.4) is 0 Å². The first-order valence-electron chi connectivity index (χ1n) is 10.1. The summed E-state index contributed by atoms with van der Waals surface area (Å²) in [5.74, 6) is 2.63. The van der Waals surface area contributed by atoms with E-state index in [2.05, 4.69) is 91.9 Å². The molecule has 0 aliphatic carbocycles. The van der Waals surface area contributed by atoms with Crippen LogP contribution in [0.25, 0.3) is 0 Å². The Bertz CT molecular complexity index is 497. The lowest BCUT2D eigenvalue weighted by Gasteiger charge is -2.02. The molecular formula is C22H34N2S2+2. The van der Waals surface area contributed by atoms with Crippen LogP contribution in [-0.2, 0) is 13.1 Å². The minimum atomic E-state index is 1.16. The van der Waals surface area contributed by atoms with Crippen molar-refractivity contribution in [3.05, 3.63) is 61.2 Å². The van der Waals surface area contributed by atoms with Crippen LogP contribution in [0.5, 0.6) is 0 Å². The lowest BCUT2D eigenvalue weighted by atomic mass is 10.2. The van der Waals surface area contributed by atoms with Crippen molar-refractivity contribution in [1.82, 2.24) is 0 Å². The largest absolute Gasteiger partial charge is 0.205 e. The second kappa shape index (κ2) is 15.1. The Balaban J connectivity index is 1.28. The van der Waals surface area contributed by atoms with Crippen molar-refractivity contribution in [2.75, 3.05) is 11.5 Å². The molecule has 0 bridgehead atoms. The Morgan fingerprint density at radius 2 is 0.808 bits per heavy atom. The van der Waals surface area contributed by atoms with Crippen LogP contribution in [0.4, 0.5) is 0 Å². The number of pyridine rings is 2. The number of aryl methyl sites for hydroxylation is 2. The van der Waals surface area contributed by atoms with Crippen LogP contribution in [0.1, 0.15) is 51.4 Å². The molecule has 4 heteroatoms. The zero-order valence-corrected chi connectivity index (χ0v) is 17.6. The molecule has 0 radical (unpaired) electrons. The van der Waals surface area contributed by atoms with Gasteiger partial charge in [-0.05, 0) is 25.7 Å². The number of rotatable bonds is 15. The molecular weight excluding hydrogens is 356 g/mol. The lowest BCUT2D eigenvalue weighted by Crippen LogP contribution is -2.32. The summed E-state index contributed by atoms with van der Waals surface area (Å²) >= 11 is 0. The summed E-state index contributed by atoms with van der Waals surface area (Å²) < 4.78 is 4.56. The monoisotopic (exact) mass is 390 g/mol. The quantitative estimate of drug-likeness (QED) is 0.226. The highest BCUT2D eigenvalue weighted by atomic mass is 33.1. The van der Waals surface area contributed by atoms with Crippen molar-refractivity contribution in [2.45, 2.75) is 64.5 Å². The molecule has 0 amide bonds. The van der Waals surface area contributed by atoms with E-state index < -0.39 is 0 Å². The molecule has 0 unspecified atom stereocenters. The minimum absolute atomic E-state index is 1.16. The van der Waals surface area contributed by atoms with Crippen molar-refractivity contribution in [3.63, 3.8) is 0 Å². The topological polar surface area (TPSA) is 7.76 Å². The van der Waals surface area contributed by atoms with Gasteiger partial charge in [-0.25, -0.2) is 9.13 Å². The van der Waals surface area contributed by atoms with E-state index in [1.54, 1.807) is 0 Å². The van der Waals surface area contributed by atoms with Gasteiger partial charge >= 0.3 is 0 Å². The maximum absolute atomic E-state index is 2.28. The molecule has 0 fully saturated rings. The van der Waals surface area contributed by atoms with Crippen LogP contribution in [-0.4, -0.2) is 11.5 Å². The van der Waals surface area contributed by atoms with Gasteiger partial charge in [-0.1, -0.05) is 46.6 Å². The van der Waals surface area contributed by atoms with E-state index in [0.29, 0.717) is 0 Å². The average Bonchev–Trinajstić information content (AvgIpc) is 2.70. The predicted molar refractivity (Wildman–Crippen MR) is 115 cm³/mol. The molecule has 0 atom stereocenters. The Morgan fingerprint density at radius 3 is 1.23 bits per heavy atom. The van der Waals surface area contributed by atoms with Crippen molar-refractivity contribution < 1.29 is 9.13 Å². The zero-order valence-electron chi connectivity index (χ0n) is 16.0. The Labute approximate surface area is 167 Å². The molecule has 0 aliphatic rings. The van der Waals surface area contributed by atoms with Gasteiger partial charge in [0.15, 0.2) is 24.8 Å². The molecule has 2 aromatic rings.